The lowest BCUT2D eigenvalue weighted by molar-refractivity contribution is 0.659. The van der Waals surface area contributed by atoms with Crippen molar-refractivity contribution >= 4 is 43.7 Å². The predicted octanol–water partition coefficient (Wildman–Crippen LogP) is 9.21. The van der Waals surface area contributed by atoms with Gasteiger partial charge in [0.15, 0.2) is 0 Å². The van der Waals surface area contributed by atoms with E-state index in [1.165, 1.54) is 49.7 Å². The molecule has 0 N–H and O–H groups in total. The van der Waals surface area contributed by atoms with Gasteiger partial charge in [0.25, 0.3) is 0 Å². The van der Waals surface area contributed by atoms with Crippen LogP contribution in [0.4, 0.5) is 0 Å². The fourth-order valence-electron chi connectivity index (χ4n) is 6.90. The minimum absolute atomic E-state index is 0.0233. The van der Waals surface area contributed by atoms with E-state index in [-0.39, 0.29) is 5.43 Å². The Morgan fingerprint density at radius 2 is 1.19 bits per heavy atom. The fraction of sp³-hybridized carbons (Fsp3) is 0.0513. The molecule has 0 radical (unpaired) electrons. The number of fused-ring (bicyclic) bond motifs is 7. The van der Waals surface area contributed by atoms with Gasteiger partial charge in [-0.2, -0.15) is 0 Å². The van der Waals surface area contributed by atoms with Crippen LogP contribution in [0.15, 0.2) is 137 Å². The molecule has 1 aliphatic rings. The topological polar surface area (TPSA) is 35.1 Å². The number of aromatic nitrogens is 1. The lowest BCUT2D eigenvalue weighted by Gasteiger charge is -2.24. The average molecular weight is 540 g/mol. The Labute approximate surface area is 241 Å². The molecule has 0 saturated heterocycles. The van der Waals surface area contributed by atoms with Crippen LogP contribution in [0.5, 0.6) is 0 Å². The van der Waals surface area contributed by atoms with Crippen molar-refractivity contribution in [2.24, 2.45) is 0 Å². The van der Waals surface area contributed by atoms with Crippen molar-refractivity contribution in [1.82, 2.24) is 4.57 Å². The molecule has 2 heterocycles. The van der Waals surface area contributed by atoms with Crippen LogP contribution in [0, 0.1) is 0 Å². The summed E-state index contributed by atoms with van der Waals surface area (Å²) < 4.78 is 8.82. The van der Waals surface area contributed by atoms with Crippen molar-refractivity contribution in [2.75, 3.05) is 0 Å². The summed E-state index contributed by atoms with van der Waals surface area (Å²) in [6.07, 6.45) is 1.57. The molecule has 0 amide bonds. The molecule has 42 heavy (non-hydrogen) atoms. The monoisotopic (exact) mass is 539 g/mol. The van der Waals surface area contributed by atoms with Gasteiger partial charge in [-0.3, -0.25) is 4.79 Å². The van der Waals surface area contributed by atoms with Gasteiger partial charge < -0.3 is 8.98 Å². The first-order chi connectivity index (χ1) is 20.7. The molecule has 0 aliphatic heterocycles. The van der Waals surface area contributed by atoms with E-state index < -0.39 is 0 Å². The number of nitrogens with zero attached hydrogens (tertiary/aromatic N) is 1. The Kier molecular flexibility index (Phi) is 4.88. The van der Waals surface area contributed by atoms with Crippen LogP contribution in [0.3, 0.4) is 0 Å². The van der Waals surface area contributed by atoms with Gasteiger partial charge in [0.1, 0.15) is 11.2 Å². The molecule has 1 aliphatic carbocycles. The van der Waals surface area contributed by atoms with Crippen LogP contribution >= 0.6 is 0 Å². The fourth-order valence-corrected chi connectivity index (χ4v) is 6.90. The maximum absolute atomic E-state index is 13.7. The molecule has 198 valence electrons. The number of para-hydroxylation sites is 2. The normalized spacial score (nSPS) is 12.7. The number of rotatable bonds is 2. The van der Waals surface area contributed by atoms with Crippen LogP contribution in [0.2, 0.25) is 0 Å². The van der Waals surface area contributed by atoms with E-state index in [4.69, 9.17) is 4.42 Å². The largest absolute Gasteiger partial charge is 0.456 e. The van der Waals surface area contributed by atoms with Crippen molar-refractivity contribution in [3.8, 4) is 16.8 Å². The van der Waals surface area contributed by atoms with Crippen LogP contribution in [-0.4, -0.2) is 4.57 Å². The SMILES string of the molecule is O=c1c2ccc(-c3ccccc3)cc2oc2cc3c(cc12)Cc1c(cccc1-n1c2ccccc2c2ccccc21)C3. The quantitative estimate of drug-likeness (QED) is 0.205. The third-order valence-electron chi connectivity index (χ3n) is 8.92. The zero-order valence-electron chi connectivity index (χ0n) is 22.8. The summed E-state index contributed by atoms with van der Waals surface area (Å²) in [5.41, 5.74) is 12.1. The zero-order valence-corrected chi connectivity index (χ0v) is 22.8. The molecule has 0 fully saturated rings. The van der Waals surface area contributed by atoms with Gasteiger partial charge in [0, 0.05) is 22.9 Å². The molecule has 0 saturated carbocycles. The molecule has 0 spiro atoms. The Bertz CT molecular complexity index is 2380. The van der Waals surface area contributed by atoms with Gasteiger partial charge >= 0.3 is 0 Å². The maximum Gasteiger partial charge on any atom is 0.200 e. The minimum Gasteiger partial charge on any atom is -0.456 e. The van der Waals surface area contributed by atoms with E-state index >= 15 is 0 Å². The maximum atomic E-state index is 13.7. The zero-order chi connectivity index (χ0) is 27.8. The first-order valence-electron chi connectivity index (χ1n) is 14.4. The van der Waals surface area contributed by atoms with Crippen molar-refractivity contribution in [1.29, 1.82) is 0 Å². The van der Waals surface area contributed by atoms with Gasteiger partial charge in [-0.15, -0.1) is 0 Å². The Morgan fingerprint density at radius 3 is 1.98 bits per heavy atom. The second-order valence-electron chi connectivity index (χ2n) is 11.3. The molecule has 2 aromatic heterocycles. The van der Waals surface area contributed by atoms with Gasteiger partial charge in [-0.25, -0.2) is 0 Å². The van der Waals surface area contributed by atoms with E-state index in [9.17, 15) is 4.79 Å². The molecule has 9 rings (SSSR count). The van der Waals surface area contributed by atoms with Gasteiger partial charge in [-0.05, 0) is 82.3 Å². The third-order valence-corrected chi connectivity index (χ3v) is 8.92. The number of hydrogen-bond donors (Lipinski definition) is 0. The molecule has 6 aromatic carbocycles. The average Bonchev–Trinajstić information content (AvgIpc) is 3.37. The lowest BCUT2D eigenvalue weighted by atomic mass is 9.84. The number of benzene rings is 6. The summed E-state index contributed by atoms with van der Waals surface area (Å²) in [5, 5.41) is 3.77. The van der Waals surface area contributed by atoms with E-state index in [0.29, 0.717) is 21.9 Å². The van der Waals surface area contributed by atoms with E-state index in [1.54, 1.807) is 0 Å². The Morgan fingerprint density at radius 1 is 0.500 bits per heavy atom. The molecule has 3 heteroatoms. The lowest BCUT2D eigenvalue weighted by Crippen LogP contribution is -2.13. The highest BCUT2D eigenvalue weighted by Gasteiger charge is 2.23. The van der Waals surface area contributed by atoms with Crippen molar-refractivity contribution < 1.29 is 4.42 Å². The Balaban J connectivity index is 1.21. The highest BCUT2D eigenvalue weighted by atomic mass is 16.3. The summed E-state index contributed by atoms with van der Waals surface area (Å²) >= 11 is 0. The summed E-state index contributed by atoms with van der Waals surface area (Å²) in [4.78, 5) is 13.7. The molecule has 8 aromatic rings. The molecule has 0 unspecified atom stereocenters. The highest BCUT2D eigenvalue weighted by molar-refractivity contribution is 6.09. The smallest absolute Gasteiger partial charge is 0.200 e. The van der Waals surface area contributed by atoms with Gasteiger partial charge in [-0.1, -0.05) is 84.9 Å². The molecule has 0 bridgehead atoms. The van der Waals surface area contributed by atoms with Crippen LogP contribution in [0.1, 0.15) is 22.3 Å². The Hall–Kier alpha value is -5.41. The van der Waals surface area contributed by atoms with Crippen molar-refractivity contribution in [3.05, 3.63) is 160 Å². The van der Waals surface area contributed by atoms with Crippen LogP contribution in [-0.2, 0) is 12.8 Å². The van der Waals surface area contributed by atoms with E-state index in [2.05, 4.69) is 95.6 Å². The van der Waals surface area contributed by atoms with Crippen LogP contribution < -0.4 is 5.43 Å². The third kappa shape index (κ3) is 3.37. The second kappa shape index (κ2) is 8.79. The van der Waals surface area contributed by atoms with E-state index in [1.807, 2.05) is 36.4 Å². The summed E-state index contributed by atoms with van der Waals surface area (Å²) in [7, 11) is 0. The first-order valence-corrected chi connectivity index (χ1v) is 14.4. The summed E-state index contributed by atoms with van der Waals surface area (Å²) in [6.45, 7) is 0. The molecular formula is C39H25NO2. The van der Waals surface area contributed by atoms with Gasteiger partial charge in [0.2, 0.25) is 5.43 Å². The first kappa shape index (κ1) is 23.3. The highest BCUT2D eigenvalue weighted by Crippen LogP contribution is 2.38. The summed E-state index contributed by atoms with van der Waals surface area (Å²) in [5.74, 6) is 0. The van der Waals surface area contributed by atoms with Gasteiger partial charge in [0.05, 0.1) is 21.8 Å². The molecule has 3 nitrogen and oxygen atoms in total. The molecular weight excluding hydrogens is 514 g/mol. The minimum atomic E-state index is 0.0233. The van der Waals surface area contributed by atoms with Crippen molar-refractivity contribution in [2.45, 2.75) is 12.8 Å². The summed E-state index contributed by atoms with van der Waals surface area (Å²) in [6, 6.07) is 44.2. The van der Waals surface area contributed by atoms with Crippen molar-refractivity contribution in [3.63, 3.8) is 0 Å². The second-order valence-corrected chi connectivity index (χ2v) is 11.3. The number of hydrogen-bond acceptors (Lipinski definition) is 2. The van der Waals surface area contributed by atoms with Crippen LogP contribution in [0.25, 0.3) is 60.6 Å². The standard InChI is InChI=1S/C39H25NO2/c41-39-31-18-17-25(24-9-2-1-3-10-24)22-37(31)42-38-23-27-19-26-11-8-16-36(32(26)20-28(27)21-33(38)39)40-34-14-6-4-12-29(34)30-13-5-7-15-35(30)40/h1-18,21-23H,19-20H2. The molecule has 0 atom stereocenters. The predicted molar refractivity (Wildman–Crippen MR) is 172 cm³/mol. The van der Waals surface area contributed by atoms with E-state index in [0.717, 1.165) is 24.0 Å².